The standard InChI is InChI=1S/C19H26N4O2S/c1-13-9-14(2)11-17(10-13)25-12-18(24)23-7-5-22(6-8-23)15(3)19-21-20-16(4)26-19/h9-11,15H,5-8,12H2,1-4H3. The molecular formula is C19H26N4O2S. The summed E-state index contributed by atoms with van der Waals surface area (Å²) >= 11 is 1.64. The number of ether oxygens (including phenoxy) is 1. The van der Waals surface area contributed by atoms with Crippen LogP contribution < -0.4 is 4.74 Å². The molecule has 3 rings (SSSR count). The van der Waals surface area contributed by atoms with Crippen LogP contribution in [0.5, 0.6) is 5.75 Å². The van der Waals surface area contributed by atoms with E-state index in [0.717, 1.165) is 53.1 Å². The van der Waals surface area contributed by atoms with E-state index in [-0.39, 0.29) is 18.6 Å². The molecule has 2 heterocycles. The van der Waals surface area contributed by atoms with E-state index in [4.69, 9.17) is 4.74 Å². The molecule has 0 bridgehead atoms. The van der Waals surface area contributed by atoms with E-state index in [2.05, 4.69) is 28.1 Å². The Balaban J connectivity index is 1.48. The van der Waals surface area contributed by atoms with Crippen LogP contribution in [0.15, 0.2) is 18.2 Å². The number of nitrogens with zero attached hydrogens (tertiary/aromatic N) is 4. The molecule has 1 saturated heterocycles. The van der Waals surface area contributed by atoms with Gasteiger partial charge in [-0.25, -0.2) is 0 Å². The van der Waals surface area contributed by atoms with E-state index < -0.39 is 0 Å². The Morgan fingerprint density at radius 2 is 1.77 bits per heavy atom. The number of carbonyl (C=O) groups is 1. The average Bonchev–Trinajstić information content (AvgIpc) is 3.05. The highest BCUT2D eigenvalue weighted by atomic mass is 32.1. The molecule has 7 heteroatoms. The largest absolute Gasteiger partial charge is 0.484 e. The van der Waals surface area contributed by atoms with E-state index in [0.29, 0.717) is 0 Å². The molecule has 1 aromatic carbocycles. The Hall–Kier alpha value is -1.99. The van der Waals surface area contributed by atoms with Gasteiger partial charge >= 0.3 is 0 Å². The van der Waals surface area contributed by atoms with Crippen LogP contribution in [-0.4, -0.2) is 58.7 Å². The third kappa shape index (κ3) is 4.59. The first-order chi connectivity index (χ1) is 12.4. The lowest BCUT2D eigenvalue weighted by Gasteiger charge is -2.37. The van der Waals surface area contributed by atoms with Crippen molar-refractivity contribution in [1.82, 2.24) is 20.0 Å². The number of aromatic nitrogens is 2. The van der Waals surface area contributed by atoms with E-state index in [1.807, 2.05) is 37.8 Å². The summed E-state index contributed by atoms with van der Waals surface area (Å²) in [5.41, 5.74) is 2.28. The zero-order chi connectivity index (χ0) is 18.7. The molecule has 140 valence electrons. The third-order valence-corrected chi connectivity index (χ3v) is 5.68. The summed E-state index contributed by atoms with van der Waals surface area (Å²) in [6.45, 7) is 11.4. The molecule has 1 amide bonds. The molecule has 0 spiro atoms. The van der Waals surface area contributed by atoms with Crippen LogP contribution in [0.2, 0.25) is 0 Å². The van der Waals surface area contributed by atoms with Crippen molar-refractivity contribution in [3.8, 4) is 5.75 Å². The topological polar surface area (TPSA) is 58.6 Å². The highest BCUT2D eigenvalue weighted by Crippen LogP contribution is 2.24. The summed E-state index contributed by atoms with van der Waals surface area (Å²) in [6.07, 6.45) is 0. The van der Waals surface area contributed by atoms with Gasteiger partial charge in [0.2, 0.25) is 0 Å². The number of amides is 1. The van der Waals surface area contributed by atoms with Gasteiger partial charge in [0, 0.05) is 26.2 Å². The van der Waals surface area contributed by atoms with Crippen LogP contribution in [0.25, 0.3) is 0 Å². The monoisotopic (exact) mass is 374 g/mol. The minimum atomic E-state index is 0.0446. The van der Waals surface area contributed by atoms with Gasteiger partial charge in [0.15, 0.2) is 6.61 Å². The van der Waals surface area contributed by atoms with Crippen molar-refractivity contribution in [2.24, 2.45) is 0 Å². The fourth-order valence-corrected chi connectivity index (χ4v) is 4.03. The second-order valence-corrected chi connectivity index (χ2v) is 8.08. The second-order valence-electron chi connectivity index (χ2n) is 6.86. The van der Waals surface area contributed by atoms with Crippen LogP contribution >= 0.6 is 11.3 Å². The average molecular weight is 375 g/mol. The molecule has 1 unspecified atom stereocenters. The first-order valence-electron chi connectivity index (χ1n) is 8.95. The van der Waals surface area contributed by atoms with Gasteiger partial charge in [-0.05, 0) is 51.0 Å². The van der Waals surface area contributed by atoms with Gasteiger partial charge in [-0.15, -0.1) is 21.5 Å². The van der Waals surface area contributed by atoms with Gasteiger partial charge in [-0.2, -0.15) is 0 Å². The molecular weight excluding hydrogens is 348 g/mol. The molecule has 6 nitrogen and oxygen atoms in total. The highest BCUT2D eigenvalue weighted by Gasteiger charge is 2.26. The van der Waals surface area contributed by atoms with Crippen LogP contribution in [-0.2, 0) is 4.79 Å². The minimum Gasteiger partial charge on any atom is -0.484 e. The zero-order valence-electron chi connectivity index (χ0n) is 15.9. The van der Waals surface area contributed by atoms with Gasteiger partial charge < -0.3 is 9.64 Å². The van der Waals surface area contributed by atoms with Crippen LogP contribution in [0.4, 0.5) is 0 Å². The minimum absolute atomic E-state index is 0.0446. The lowest BCUT2D eigenvalue weighted by atomic mass is 10.1. The molecule has 0 radical (unpaired) electrons. The molecule has 1 fully saturated rings. The number of hydrogen-bond acceptors (Lipinski definition) is 6. The van der Waals surface area contributed by atoms with Crippen LogP contribution in [0, 0.1) is 20.8 Å². The molecule has 0 N–H and O–H groups in total. The number of aryl methyl sites for hydroxylation is 3. The van der Waals surface area contributed by atoms with Crippen molar-refractivity contribution in [3.63, 3.8) is 0 Å². The number of benzene rings is 1. The first kappa shape index (κ1) is 18.8. The molecule has 1 aliphatic heterocycles. The summed E-state index contributed by atoms with van der Waals surface area (Å²) in [5, 5.41) is 10.4. The Labute approximate surface area is 158 Å². The quantitative estimate of drug-likeness (QED) is 0.805. The fraction of sp³-hybridized carbons (Fsp3) is 0.526. The molecule has 0 saturated carbocycles. The van der Waals surface area contributed by atoms with Gasteiger partial charge in [-0.3, -0.25) is 9.69 Å². The lowest BCUT2D eigenvalue weighted by Crippen LogP contribution is -2.50. The van der Waals surface area contributed by atoms with Gasteiger partial charge in [0.25, 0.3) is 5.91 Å². The number of rotatable bonds is 5. The Morgan fingerprint density at radius 1 is 1.12 bits per heavy atom. The van der Waals surface area contributed by atoms with Crippen LogP contribution in [0.3, 0.4) is 0 Å². The maximum Gasteiger partial charge on any atom is 0.260 e. The van der Waals surface area contributed by atoms with Crippen molar-refractivity contribution in [2.45, 2.75) is 33.7 Å². The predicted octanol–water partition coefficient (Wildman–Crippen LogP) is 2.75. The summed E-state index contributed by atoms with van der Waals surface area (Å²) in [5.74, 6) is 0.804. The summed E-state index contributed by atoms with van der Waals surface area (Å²) in [7, 11) is 0. The normalized spacial score (nSPS) is 16.5. The SMILES string of the molecule is Cc1cc(C)cc(OCC(=O)N2CCN(C(C)c3nnc(C)s3)CC2)c1. The van der Waals surface area contributed by atoms with Crippen LogP contribution in [0.1, 0.15) is 34.1 Å². The fourth-order valence-electron chi connectivity index (χ4n) is 3.25. The lowest BCUT2D eigenvalue weighted by molar-refractivity contribution is -0.135. The number of carbonyl (C=O) groups excluding carboxylic acids is 1. The smallest absolute Gasteiger partial charge is 0.260 e. The molecule has 1 aromatic heterocycles. The number of hydrogen-bond donors (Lipinski definition) is 0. The molecule has 0 aliphatic carbocycles. The summed E-state index contributed by atoms with van der Waals surface area (Å²) < 4.78 is 5.71. The Kier molecular flexibility index (Phi) is 5.88. The maximum atomic E-state index is 12.5. The molecule has 1 aliphatic rings. The predicted molar refractivity (Wildman–Crippen MR) is 103 cm³/mol. The van der Waals surface area contributed by atoms with Crippen molar-refractivity contribution < 1.29 is 9.53 Å². The van der Waals surface area contributed by atoms with E-state index >= 15 is 0 Å². The Morgan fingerprint density at radius 3 is 2.35 bits per heavy atom. The number of piperazine rings is 1. The summed E-state index contributed by atoms with van der Waals surface area (Å²) in [4.78, 5) is 16.7. The highest BCUT2D eigenvalue weighted by molar-refractivity contribution is 7.11. The van der Waals surface area contributed by atoms with Crippen molar-refractivity contribution in [2.75, 3.05) is 32.8 Å². The van der Waals surface area contributed by atoms with E-state index in [1.165, 1.54) is 0 Å². The third-order valence-electron chi connectivity index (χ3n) is 4.67. The summed E-state index contributed by atoms with van der Waals surface area (Å²) in [6, 6.07) is 6.26. The Bertz CT molecular complexity index is 748. The maximum absolute atomic E-state index is 12.5. The van der Waals surface area contributed by atoms with E-state index in [9.17, 15) is 4.79 Å². The van der Waals surface area contributed by atoms with Crippen molar-refractivity contribution in [1.29, 1.82) is 0 Å². The van der Waals surface area contributed by atoms with Gasteiger partial charge in [-0.1, -0.05) is 6.07 Å². The van der Waals surface area contributed by atoms with Crippen molar-refractivity contribution in [3.05, 3.63) is 39.3 Å². The molecule has 2 aromatic rings. The second kappa shape index (κ2) is 8.14. The van der Waals surface area contributed by atoms with E-state index in [1.54, 1.807) is 11.3 Å². The molecule has 26 heavy (non-hydrogen) atoms. The zero-order valence-corrected chi connectivity index (χ0v) is 16.7. The molecule has 1 atom stereocenters. The van der Waals surface area contributed by atoms with Gasteiger partial charge in [0.05, 0.1) is 6.04 Å². The van der Waals surface area contributed by atoms with Gasteiger partial charge in [0.1, 0.15) is 15.8 Å². The van der Waals surface area contributed by atoms with Crippen molar-refractivity contribution >= 4 is 17.2 Å². The first-order valence-corrected chi connectivity index (χ1v) is 9.77.